The Morgan fingerprint density at radius 2 is 2.00 bits per heavy atom. The van der Waals surface area contributed by atoms with E-state index < -0.39 is 0 Å². The molecule has 2 aliphatic rings. The van der Waals surface area contributed by atoms with Gasteiger partial charge in [0.25, 0.3) is 0 Å². The predicted octanol–water partition coefficient (Wildman–Crippen LogP) is 1.97. The zero-order chi connectivity index (χ0) is 11.3. The van der Waals surface area contributed by atoms with Crippen molar-refractivity contribution in [2.24, 2.45) is 16.1 Å². The van der Waals surface area contributed by atoms with Gasteiger partial charge in [-0.05, 0) is 32.1 Å². The highest BCUT2D eigenvalue weighted by Gasteiger charge is 2.56. The summed E-state index contributed by atoms with van der Waals surface area (Å²) in [6, 6.07) is 0.452. The summed E-state index contributed by atoms with van der Waals surface area (Å²) in [5.41, 5.74) is 6.57. The summed E-state index contributed by atoms with van der Waals surface area (Å²) >= 11 is 0. The molecule has 2 N–H and O–H groups in total. The highest BCUT2D eigenvalue weighted by Crippen LogP contribution is 2.51. The SMILES string of the molecule is CC(C)N1C(N)=NCC12CCCC2(C)C. The fourth-order valence-corrected chi connectivity index (χ4v) is 3.48. The third-order valence-corrected chi connectivity index (χ3v) is 4.38. The lowest BCUT2D eigenvalue weighted by molar-refractivity contribution is 0.0630. The third kappa shape index (κ3) is 1.28. The van der Waals surface area contributed by atoms with Gasteiger partial charge in [0.05, 0.1) is 12.1 Å². The molecule has 86 valence electrons. The monoisotopic (exact) mass is 209 g/mol. The summed E-state index contributed by atoms with van der Waals surface area (Å²) in [4.78, 5) is 6.85. The van der Waals surface area contributed by atoms with Crippen molar-refractivity contribution < 1.29 is 0 Å². The molecule has 1 fully saturated rings. The van der Waals surface area contributed by atoms with Crippen molar-refractivity contribution >= 4 is 5.96 Å². The maximum absolute atomic E-state index is 6.03. The van der Waals surface area contributed by atoms with Crippen LogP contribution in [0.15, 0.2) is 4.99 Å². The van der Waals surface area contributed by atoms with E-state index in [2.05, 4.69) is 37.6 Å². The number of hydrogen-bond donors (Lipinski definition) is 1. The zero-order valence-electron chi connectivity index (χ0n) is 10.4. The molecule has 0 aromatic heterocycles. The summed E-state index contributed by atoms with van der Waals surface area (Å²) < 4.78 is 0. The molecule has 0 aromatic carbocycles. The van der Waals surface area contributed by atoms with E-state index in [9.17, 15) is 0 Å². The van der Waals surface area contributed by atoms with Crippen molar-refractivity contribution in [3.05, 3.63) is 0 Å². The highest BCUT2D eigenvalue weighted by molar-refractivity contribution is 5.81. The molecule has 1 spiro atoms. The molecule has 2 rings (SSSR count). The summed E-state index contributed by atoms with van der Waals surface area (Å²) in [6.07, 6.45) is 3.83. The maximum Gasteiger partial charge on any atom is 0.192 e. The molecule has 0 aromatic rings. The number of aliphatic imine (C=N–C) groups is 1. The largest absolute Gasteiger partial charge is 0.370 e. The Morgan fingerprint density at radius 3 is 2.47 bits per heavy atom. The second kappa shape index (κ2) is 3.13. The van der Waals surface area contributed by atoms with Crippen molar-refractivity contribution in [2.75, 3.05) is 6.54 Å². The Labute approximate surface area is 92.7 Å². The van der Waals surface area contributed by atoms with Crippen LogP contribution in [0.3, 0.4) is 0 Å². The van der Waals surface area contributed by atoms with E-state index in [0.29, 0.717) is 11.5 Å². The van der Waals surface area contributed by atoms with Gasteiger partial charge in [0.2, 0.25) is 0 Å². The molecular weight excluding hydrogens is 186 g/mol. The van der Waals surface area contributed by atoms with Gasteiger partial charge in [0.1, 0.15) is 0 Å². The highest BCUT2D eigenvalue weighted by atomic mass is 15.4. The third-order valence-electron chi connectivity index (χ3n) is 4.38. The summed E-state index contributed by atoms with van der Waals surface area (Å²) in [6.45, 7) is 10.0. The first-order chi connectivity index (χ1) is 6.91. The summed E-state index contributed by atoms with van der Waals surface area (Å²) in [7, 11) is 0. The van der Waals surface area contributed by atoms with E-state index in [4.69, 9.17) is 5.73 Å². The van der Waals surface area contributed by atoms with Crippen molar-refractivity contribution in [2.45, 2.75) is 58.5 Å². The van der Waals surface area contributed by atoms with Crippen LogP contribution >= 0.6 is 0 Å². The number of hydrogen-bond acceptors (Lipinski definition) is 3. The zero-order valence-corrected chi connectivity index (χ0v) is 10.4. The Hall–Kier alpha value is -0.730. The Kier molecular flexibility index (Phi) is 2.25. The minimum absolute atomic E-state index is 0.200. The predicted molar refractivity (Wildman–Crippen MR) is 63.8 cm³/mol. The number of nitrogens with zero attached hydrogens (tertiary/aromatic N) is 2. The quantitative estimate of drug-likeness (QED) is 0.717. The lowest BCUT2D eigenvalue weighted by Gasteiger charge is -2.47. The van der Waals surface area contributed by atoms with Gasteiger partial charge in [-0.3, -0.25) is 4.99 Å². The Morgan fingerprint density at radius 1 is 1.33 bits per heavy atom. The van der Waals surface area contributed by atoms with Crippen molar-refractivity contribution in [1.29, 1.82) is 0 Å². The molecule has 15 heavy (non-hydrogen) atoms. The molecule has 1 atom stereocenters. The van der Waals surface area contributed by atoms with Crippen LogP contribution in [0, 0.1) is 5.41 Å². The van der Waals surface area contributed by atoms with Crippen LogP contribution in [-0.2, 0) is 0 Å². The average Bonchev–Trinajstić information content (AvgIpc) is 2.57. The van der Waals surface area contributed by atoms with Gasteiger partial charge in [0, 0.05) is 6.04 Å². The molecule has 1 saturated carbocycles. The van der Waals surface area contributed by atoms with Gasteiger partial charge in [-0.2, -0.15) is 0 Å². The lowest BCUT2D eigenvalue weighted by Crippen LogP contribution is -2.59. The smallest absolute Gasteiger partial charge is 0.192 e. The number of rotatable bonds is 1. The minimum Gasteiger partial charge on any atom is -0.370 e. The van der Waals surface area contributed by atoms with Crippen LogP contribution in [0.25, 0.3) is 0 Å². The number of nitrogens with two attached hydrogens (primary N) is 1. The van der Waals surface area contributed by atoms with Crippen molar-refractivity contribution in [3.63, 3.8) is 0 Å². The minimum atomic E-state index is 0.200. The first-order valence-electron chi connectivity index (χ1n) is 6.00. The standard InChI is InChI=1S/C12H23N3/c1-9(2)15-10(13)14-8-12(15)7-5-6-11(12,3)4/h9H,5-8H2,1-4H3,(H2,13,14). The number of guanidine groups is 1. The average molecular weight is 209 g/mol. The molecule has 0 radical (unpaired) electrons. The Bertz CT molecular complexity index is 293. The van der Waals surface area contributed by atoms with E-state index >= 15 is 0 Å². The molecular formula is C12H23N3. The van der Waals surface area contributed by atoms with Gasteiger partial charge >= 0.3 is 0 Å². The lowest BCUT2D eigenvalue weighted by atomic mass is 9.74. The van der Waals surface area contributed by atoms with Crippen LogP contribution < -0.4 is 5.73 Å². The van der Waals surface area contributed by atoms with E-state index in [-0.39, 0.29) is 5.54 Å². The molecule has 1 heterocycles. The maximum atomic E-state index is 6.03. The van der Waals surface area contributed by atoms with Gasteiger partial charge in [-0.25, -0.2) is 0 Å². The molecule has 3 nitrogen and oxygen atoms in total. The van der Waals surface area contributed by atoms with Crippen LogP contribution in [0.1, 0.15) is 47.0 Å². The summed E-state index contributed by atoms with van der Waals surface area (Å²) in [5, 5.41) is 0. The van der Waals surface area contributed by atoms with E-state index in [1.807, 2.05) is 0 Å². The van der Waals surface area contributed by atoms with Gasteiger partial charge in [-0.1, -0.05) is 20.3 Å². The topological polar surface area (TPSA) is 41.6 Å². The molecule has 1 unspecified atom stereocenters. The first kappa shape index (κ1) is 10.8. The Balaban J connectivity index is 2.37. The fourth-order valence-electron chi connectivity index (χ4n) is 3.48. The summed E-state index contributed by atoms with van der Waals surface area (Å²) in [5.74, 6) is 0.750. The van der Waals surface area contributed by atoms with Crippen molar-refractivity contribution in [3.8, 4) is 0 Å². The van der Waals surface area contributed by atoms with Crippen LogP contribution in [0.5, 0.6) is 0 Å². The van der Waals surface area contributed by atoms with E-state index in [1.54, 1.807) is 0 Å². The molecule has 3 heteroatoms. The second-order valence-electron chi connectivity index (χ2n) is 5.91. The van der Waals surface area contributed by atoms with Gasteiger partial charge in [0.15, 0.2) is 5.96 Å². The molecule has 1 aliphatic carbocycles. The molecule has 0 saturated heterocycles. The fraction of sp³-hybridized carbons (Fsp3) is 0.917. The van der Waals surface area contributed by atoms with E-state index in [0.717, 1.165) is 12.5 Å². The van der Waals surface area contributed by atoms with Gasteiger partial charge < -0.3 is 10.6 Å². The van der Waals surface area contributed by atoms with Gasteiger partial charge in [-0.15, -0.1) is 0 Å². The normalized spacial score (nSPS) is 34.2. The molecule has 1 aliphatic heterocycles. The molecule has 0 amide bonds. The van der Waals surface area contributed by atoms with Crippen molar-refractivity contribution in [1.82, 2.24) is 4.90 Å². The van der Waals surface area contributed by atoms with Crippen LogP contribution in [-0.4, -0.2) is 29.0 Å². The molecule has 0 bridgehead atoms. The van der Waals surface area contributed by atoms with E-state index in [1.165, 1.54) is 19.3 Å². The first-order valence-corrected chi connectivity index (χ1v) is 6.00. The van der Waals surface area contributed by atoms with Crippen LogP contribution in [0.4, 0.5) is 0 Å². The second-order valence-corrected chi connectivity index (χ2v) is 5.91. The van der Waals surface area contributed by atoms with Crippen LogP contribution in [0.2, 0.25) is 0 Å².